The van der Waals surface area contributed by atoms with Gasteiger partial charge in [-0.1, -0.05) is 6.07 Å². The molecule has 0 aliphatic rings. The number of hydrogen-bond donors (Lipinski definition) is 1. The molecule has 96 valence electrons. The van der Waals surface area contributed by atoms with Gasteiger partial charge in [-0.2, -0.15) is 0 Å². The third-order valence-electron chi connectivity index (χ3n) is 2.72. The topological polar surface area (TPSA) is 55.4 Å². The second-order valence-electron chi connectivity index (χ2n) is 3.97. The van der Waals surface area contributed by atoms with Crippen LogP contribution >= 0.6 is 0 Å². The zero-order valence-corrected chi connectivity index (χ0v) is 11.5. The number of methoxy groups -OCH3 is 1. The number of benzene rings is 1. The molecule has 0 fully saturated rings. The summed E-state index contributed by atoms with van der Waals surface area (Å²) in [5.41, 5.74) is 3.00. The molecule has 0 bridgehead atoms. The highest BCUT2D eigenvalue weighted by Gasteiger charge is 2.09. The van der Waals surface area contributed by atoms with Crippen LogP contribution in [0.1, 0.15) is 23.6 Å². The molecule has 17 heavy (non-hydrogen) atoms. The average molecular weight is 257 g/mol. The molecule has 0 atom stereocenters. The quantitative estimate of drug-likeness (QED) is 0.874. The highest BCUT2D eigenvalue weighted by Crippen LogP contribution is 2.22. The molecule has 0 saturated heterocycles. The van der Waals surface area contributed by atoms with Gasteiger partial charge in [0.1, 0.15) is 5.75 Å². The maximum absolute atomic E-state index is 11.4. The molecule has 1 N–H and O–H groups in total. The van der Waals surface area contributed by atoms with Gasteiger partial charge in [0.15, 0.2) is 0 Å². The molecule has 0 spiro atoms. The van der Waals surface area contributed by atoms with Crippen molar-refractivity contribution >= 4 is 10.0 Å². The third-order valence-corrected chi connectivity index (χ3v) is 4.06. The molecule has 0 aliphatic heterocycles. The average Bonchev–Trinajstić information content (AvgIpc) is 2.29. The molecule has 0 aromatic heterocycles. The van der Waals surface area contributed by atoms with Crippen molar-refractivity contribution in [3.05, 3.63) is 28.8 Å². The van der Waals surface area contributed by atoms with Crippen LogP contribution in [0.3, 0.4) is 0 Å². The SMILES string of the molecule is CCS(=O)(=O)NCc1cc(C)c(OC)cc1C. The summed E-state index contributed by atoms with van der Waals surface area (Å²) in [6, 6.07) is 3.87. The Morgan fingerprint density at radius 1 is 1.24 bits per heavy atom. The molecule has 0 saturated carbocycles. The number of nitrogens with one attached hydrogen (secondary N) is 1. The first-order valence-electron chi connectivity index (χ1n) is 5.51. The van der Waals surface area contributed by atoms with Crippen LogP contribution < -0.4 is 9.46 Å². The lowest BCUT2D eigenvalue weighted by Gasteiger charge is -2.12. The highest BCUT2D eigenvalue weighted by atomic mass is 32.2. The van der Waals surface area contributed by atoms with Crippen molar-refractivity contribution in [2.45, 2.75) is 27.3 Å². The predicted octanol–water partition coefficient (Wildman–Crippen LogP) is 1.75. The van der Waals surface area contributed by atoms with Gasteiger partial charge in [0.25, 0.3) is 0 Å². The molecular formula is C12H19NO3S. The molecule has 0 amide bonds. The Hall–Kier alpha value is -1.07. The van der Waals surface area contributed by atoms with Gasteiger partial charge in [-0.3, -0.25) is 0 Å². The van der Waals surface area contributed by atoms with Crippen molar-refractivity contribution in [1.82, 2.24) is 4.72 Å². The lowest BCUT2D eigenvalue weighted by Crippen LogP contribution is -2.25. The predicted molar refractivity (Wildman–Crippen MR) is 68.8 cm³/mol. The fraction of sp³-hybridized carbons (Fsp3) is 0.500. The van der Waals surface area contributed by atoms with E-state index >= 15 is 0 Å². The van der Waals surface area contributed by atoms with Crippen molar-refractivity contribution < 1.29 is 13.2 Å². The summed E-state index contributed by atoms with van der Waals surface area (Å²) in [6.07, 6.45) is 0. The van der Waals surface area contributed by atoms with Crippen molar-refractivity contribution in [2.75, 3.05) is 12.9 Å². The molecular weight excluding hydrogens is 238 g/mol. The van der Waals surface area contributed by atoms with E-state index in [1.807, 2.05) is 26.0 Å². The van der Waals surface area contributed by atoms with Gasteiger partial charge in [0.05, 0.1) is 12.9 Å². The van der Waals surface area contributed by atoms with Crippen molar-refractivity contribution in [3.63, 3.8) is 0 Å². The monoisotopic (exact) mass is 257 g/mol. The molecule has 1 aromatic rings. The van der Waals surface area contributed by atoms with Gasteiger partial charge in [-0.15, -0.1) is 0 Å². The molecule has 5 heteroatoms. The number of aryl methyl sites for hydroxylation is 2. The summed E-state index contributed by atoms with van der Waals surface area (Å²) in [4.78, 5) is 0. The van der Waals surface area contributed by atoms with Crippen LogP contribution in [0, 0.1) is 13.8 Å². The Balaban J connectivity index is 2.90. The van der Waals surface area contributed by atoms with E-state index in [9.17, 15) is 8.42 Å². The first-order valence-corrected chi connectivity index (χ1v) is 7.16. The van der Waals surface area contributed by atoms with E-state index in [2.05, 4.69) is 4.72 Å². The highest BCUT2D eigenvalue weighted by molar-refractivity contribution is 7.89. The standard InChI is InChI=1S/C12H19NO3S/c1-5-17(14,15)13-8-11-6-10(3)12(16-4)7-9(11)2/h6-7,13H,5,8H2,1-4H3. The minimum absolute atomic E-state index is 0.0984. The zero-order chi connectivity index (χ0) is 13.1. The van der Waals surface area contributed by atoms with Crippen LogP contribution in [0.5, 0.6) is 5.75 Å². The summed E-state index contributed by atoms with van der Waals surface area (Å²) in [6.45, 7) is 5.83. The molecule has 1 aromatic carbocycles. The summed E-state index contributed by atoms with van der Waals surface area (Å²) >= 11 is 0. The van der Waals surface area contributed by atoms with E-state index in [-0.39, 0.29) is 5.75 Å². The maximum atomic E-state index is 11.4. The van der Waals surface area contributed by atoms with E-state index in [4.69, 9.17) is 4.74 Å². The molecule has 1 rings (SSSR count). The van der Waals surface area contributed by atoms with Crippen LogP contribution in [-0.2, 0) is 16.6 Å². The smallest absolute Gasteiger partial charge is 0.211 e. The molecule has 4 nitrogen and oxygen atoms in total. The molecule has 0 unspecified atom stereocenters. The second-order valence-corrected chi connectivity index (χ2v) is 6.07. The van der Waals surface area contributed by atoms with Gasteiger partial charge >= 0.3 is 0 Å². The fourth-order valence-corrected chi connectivity index (χ4v) is 2.13. The summed E-state index contributed by atoms with van der Waals surface area (Å²) < 4.78 is 30.5. The zero-order valence-electron chi connectivity index (χ0n) is 10.7. The van der Waals surface area contributed by atoms with Crippen LogP contribution in [0.4, 0.5) is 0 Å². The van der Waals surface area contributed by atoms with E-state index in [0.717, 1.165) is 22.4 Å². The normalized spacial score (nSPS) is 11.5. The Bertz CT molecular complexity index is 495. The lowest BCUT2D eigenvalue weighted by atomic mass is 10.0. The van der Waals surface area contributed by atoms with Gasteiger partial charge in [0.2, 0.25) is 10.0 Å². The van der Waals surface area contributed by atoms with Gasteiger partial charge in [-0.05, 0) is 43.5 Å². The van der Waals surface area contributed by atoms with Crippen molar-refractivity contribution in [1.29, 1.82) is 0 Å². The van der Waals surface area contributed by atoms with Crippen LogP contribution in [-0.4, -0.2) is 21.3 Å². The molecule has 0 radical (unpaired) electrons. The van der Waals surface area contributed by atoms with E-state index in [1.165, 1.54) is 0 Å². The fourth-order valence-electron chi connectivity index (χ4n) is 1.55. The number of hydrogen-bond acceptors (Lipinski definition) is 3. The second kappa shape index (κ2) is 5.51. The van der Waals surface area contributed by atoms with E-state index < -0.39 is 10.0 Å². The third kappa shape index (κ3) is 3.71. The number of rotatable bonds is 5. The maximum Gasteiger partial charge on any atom is 0.211 e. The molecule has 0 aliphatic carbocycles. The Morgan fingerprint density at radius 3 is 2.41 bits per heavy atom. The first kappa shape index (κ1) is 14.0. The van der Waals surface area contributed by atoms with E-state index in [1.54, 1.807) is 14.0 Å². The van der Waals surface area contributed by atoms with Gasteiger partial charge in [-0.25, -0.2) is 13.1 Å². The van der Waals surface area contributed by atoms with Gasteiger partial charge < -0.3 is 4.74 Å². The summed E-state index contributed by atoms with van der Waals surface area (Å²) in [5, 5.41) is 0. The van der Waals surface area contributed by atoms with E-state index in [0.29, 0.717) is 6.54 Å². The number of ether oxygens (including phenoxy) is 1. The molecule has 0 heterocycles. The Morgan fingerprint density at radius 2 is 1.88 bits per heavy atom. The minimum atomic E-state index is -3.14. The van der Waals surface area contributed by atoms with Crippen molar-refractivity contribution in [2.24, 2.45) is 0 Å². The van der Waals surface area contributed by atoms with Crippen LogP contribution in [0.2, 0.25) is 0 Å². The summed E-state index contributed by atoms with van der Waals surface area (Å²) in [7, 11) is -1.52. The Labute approximate surface area is 103 Å². The summed E-state index contributed by atoms with van der Waals surface area (Å²) in [5.74, 6) is 0.922. The first-order chi connectivity index (χ1) is 7.89. The van der Waals surface area contributed by atoms with Crippen molar-refractivity contribution in [3.8, 4) is 5.75 Å². The Kier molecular flexibility index (Phi) is 4.54. The number of sulfonamides is 1. The lowest BCUT2D eigenvalue weighted by molar-refractivity contribution is 0.411. The van der Waals surface area contributed by atoms with Gasteiger partial charge in [0, 0.05) is 6.54 Å². The largest absolute Gasteiger partial charge is 0.496 e. The van der Waals surface area contributed by atoms with Crippen LogP contribution in [0.25, 0.3) is 0 Å². The minimum Gasteiger partial charge on any atom is -0.496 e. The van der Waals surface area contributed by atoms with Crippen LogP contribution in [0.15, 0.2) is 12.1 Å².